The van der Waals surface area contributed by atoms with Gasteiger partial charge in [-0.1, -0.05) is 19.9 Å². The van der Waals surface area contributed by atoms with Gasteiger partial charge >= 0.3 is 5.97 Å². The molecule has 7 nitrogen and oxygen atoms in total. The molecule has 0 radical (unpaired) electrons. The Balaban J connectivity index is 1.93. The Bertz CT molecular complexity index is 1010. The minimum absolute atomic E-state index is 0.0692. The summed E-state index contributed by atoms with van der Waals surface area (Å²) in [6, 6.07) is 9.36. The van der Waals surface area contributed by atoms with E-state index in [0.29, 0.717) is 35.8 Å². The molecule has 1 aliphatic rings. The maximum Gasteiger partial charge on any atom is 0.306 e. The number of rotatable bonds is 9. The lowest BCUT2D eigenvalue weighted by Crippen LogP contribution is -2.35. The Hall–Kier alpha value is -3.22. The van der Waals surface area contributed by atoms with Crippen molar-refractivity contribution in [1.82, 2.24) is 5.32 Å². The van der Waals surface area contributed by atoms with E-state index in [4.69, 9.17) is 18.9 Å². The third-order valence-corrected chi connectivity index (χ3v) is 5.13. The van der Waals surface area contributed by atoms with Gasteiger partial charge in [0.25, 0.3) is 5.91 Å². The number of esters is 1. The molecule has 2 aromatic carbocycles. The summed E-state index contributed by atoms with van der Waals surface area (Å²) in [6.45, 7) is 8.17. The monoisotopic (exact) mass is 441 g/mol. The summed E-state index contributed by atoms with van der Waals surface area (Å²) >= 11 is 0. The van der Waals surface area contributed by atoms with Crippen LogP contribution in [0.2, 0.25) is 0 Å². The van der Waals surface area contributed by atoms with E-state index in [-0.39, 0.29) is 24.4 Å². The molecular weight excluding hydrogens is 410 g/mol. The molecule has 0 saturated carbocycles. The van der Waals surface area contributed by atoms with Crippen LogP contribution in [0.3, 0.4) is 0 Å². The third-order valence-electron chi connectivity index (χ3n) is 5.13. The summed E-state index contributed by atoms with van der Waals surface area (Å²) in [4.78, 5) is 24.1. The van der Waals surface area contributed by atoms with Crippen molar-refractivity contribution >= 4 is 11.9 Å². The lowest BCUT2D eigenvalue weighted by molar-refractivity contribution is -0.160. The van der Waals surface area contributed by atoms with E-state index in [1.807, 2.05) is 58.0 Å². The zero-order chi connectivity index (χ0) is 23.5. The van der Waals surface area contributed by atoms with Crippen molar-refractivity contribution in [3.8, 4) is 28.4 Å². The zero-order valence-corrected chi connectivity index (χ0v) is 19.5. The van der Waals surface area contributed by atoms with Crippen LogP contribution in [0.1, 0.15) is 50.0 Å². The minimum atomic E-state index is -0.842. The Morgan fingerprint density at radius 1 is 1.06 bits per heavy atom. The number of methoxy groups -OCH3 is 2. The van der Waals surface area contributed by atoms with Gasteiger partial charge in [0.2, 0.25) is 5.75 Å². The average molecular weight is 442 g/mol. The van der Waals surface area contributed by atoms with Crippen LogP contribution in [-0.2, 0) is 16.1 Å². The van der Waals surface area contributed by atoms with Crippen molar-refractivity contribution in [2.75, 3.05) is 20.8 Å². The van der Waals surface area contributed by atoms with E-state index in [2.05, 4.69) is 5.32 Å². The molecule has 0 fully saturated rings. The summed E-state index contributed by atoms with van der Waals surface area (Å²) in [6.07, 6.45) is 0.346. The first-order valence-electron chi connectivity index (χ1n) is 10.7. The molecule has 1 amide bonds. The number of nitrogens with one attached hydrogen (secondary N) is 1. The van der Waals surface area contributed by atoms with Crippen LogP contribution in [0.25, 0.3) is 11.1 Å². The molecular formula is C25H31NO6. The van der Waals surface area contributed by atoms with E-state index >= 15 is 0 Å². The smallest absolute Gasteiger partial charge is 0.306 e. The van der Waals surface area contributed by atoms with Gasteiger partial charge in [-0.15, -0.1) is 0 Å². The van der Waals surface area contributed by atoms with Gasteiger partial charge in [-0.3, -0.25) is 9.59 Å². The normalized spacial score (nSPS) is 12.9. The van der Waals surface area contributed by atoms with E-state index in [0.717, 1.165) is 16.7 Å². The van der Waals surface area contributed by atoms with Crippen LogP contribution in [0.5, 0.6) is 17.2 Å². The molecule has 1 aliphatic heterocycles. The second-order valence-corrected chi connectivity index (χ2v) is 8.85. The van der Waals surface area contributed by atoms with Crippen molar-refractivity contribution in [3.63, 3.8) is 0 Å². The molecule has 172 valence electrons. The molecule has 0 saturated heterocycles. The molecule has 0 spiro atoms. The number of fused-ring (bicyclic) bond motifs is 1. The van der Waals surface area contributed by atoms with Gasteiger partial charge in [0, 0.05) is 24.1 Å². The second-order valence-electron chi connectivity index (χ2n) is 8.85. The van der Waals surface area contributed by atoms with Crippen LogP contribution in [0.15, 0.2) is 30.3 Å². The number of amides is 1. The largest absolute Gasteiger partial charge is 0.493 e. The van der Waals surface area contributed by atoms with Crippen molar-refractivity contribution in [2.24, 2.45) is 5.92 Å². The molecule has 32 heavy (non-hydrogen) atoms. The first-order chi connectivity index (χ1) is 15.1. The fourth-order valence-corrected chi connectivity index (χ4v) is 3.63. The van der Waals surface area contributed by atoms with E-state index in [1.54, 1.807) is 14.2 Å². The number of benzene rings is 2. The summed E-state index contributed by atoms with van der Waals surface area (Å²) < 4.78 is 22.9. The van der Waals surface area contributed by atoms with Gasteiger partial charge in [0.15, 0.2) is 11.5 Å². The molecule has 0 unspecified atom stereocenters. The second kappa shape index (κ2) is 9.51. The Morgan fingerprint density at radius 2 is 1.78 bits per heavy atom. The molecule has 0 atom stereocenters. The van der Waals surface area contributed by atoms with Gasteiger partial charge in [0.05, 0.1) is 14.2 Å². The van der Waals surface area contributed by atoms with E-state index in [1.165, 1.54) is 0 Å². The topological polar surface area (TPSA) is 83.1 Å². The van der Waals surface area contributed by atoms with Crippen LogP contribution >= 0.6 is 0 Å². The Morgan fingerprint density at radius 3 is 2.44 bits per heavy atom. The molecule has 0 aromatic heterocycles. The van der Waals surface area contributed by atoms with Crippen molar-refractivity contribution in [2.45, 2.75) is 46.3 Å². The quantitative estimate of drug-likeness (QED) is 0.582. The fraction of sp³-hybridized carbons (Fsp3) is 0.440. The highest BCUT2D eigenvalue weighted by atomic mass is 16.6. The molecule has 7 heteroatoms. The van der Waals surface area contributed by atoms with Crippen LogP contribution in [-0.4, -0.2) is 38.3 Å². The zero-order valence-electron chi connectivity index (χ0n) is 19.5. The maximum absolute atomic E-state index is 12.2. The summed E-state index contributed by atoms with van der Waals surface area (Å²) in [7, 11) is 3.11. The molecule has 1 heterocycles. The first kappa shape index (κ1) is 23.4. The highest BCUT2D eigenvalue weighted by Gasteiger charge is 2.27. The lowest BCUT2D eigenvalue weighted by Gasteiger charge is -2.27. The number of carbonyl (C=O) groups excluding carboxylic acids is 2. The molecule has 0 aliphatic carbocycles. The predicted molar refractivity (Wildman–Crippen MR) is 121 cm³/mol. The van der Waals surface area contributed by atoms with Gasteiger partial charge in [-0.2, -0.15) is 0 Å². The van der Waals surface area contributed by atoms with Crippen molar-refractivity contribution in [3.05, 3.63) is 41.5 Å². The van der Waals surface area contributed by atoms with Crippen LogP contribution in [0.4, 0.5) is 0 Å². The minimum Gasteiger partial charge on any atom is -0.493 e. The first-order valence-corrected chi connectivity index (χ1v) is 10.7. The molecule has 1 N–H and O–H groups in total. The number of ether oxygens (including phenoxy) is 4. The molecule has 0 bridgehead atoms. The average Bonchev–Trinajstić information content (AvgIpc) is 3.10. The summed E-state index contributed by atoms with van der Waals surface area (Å²) in [5.74, 6) is 1.34. The van der Waals surface area contributed by atoms with Crippen LogP contribution in [0, 0.1) is 5.92 Å². The predicted octanol–water partition coefficient (Wildman–Crippen LogP) is 4.36. The molecule has 2 aromatic rings. The summed E-state index contributed by atoms with van der Waals surface area (Å²) in [5.41, 5.74) is 2.43. The van der Waals surface area contributed by atoms with E-state index in [9.17, 15) is 9.59 Å². The summed E-state index contributed by atoms with van der Waals surface area (Å²) in [5, 5.41) is 2.83. The highest BCUT2D eigenvalue weighted by molar-refractivity contribution is 5.99. The van der Waals surface area contributed by atoms with Crippen LogP contribution < -0.4 is 19.5 Å². The third kappa shape index (κ3) is 5.15. The van der Waals surface area contributed by atoms with E-state index < -0.39 is 5.60 Å². The van der Waals surface area contributed by atoms with Crippen molar-refractivity contribution in [1.29, 1.82) is 0 Å². The lowest BCUT2D eigenvalue weighted by atomic mass is 9.99. The number of hydrogen-bond acceptors (Lipinski definition) is 6. The van der Waals surface area contributed by atoms with Crippen molar-refractivity contribution < 1.29 is 28.5 Å². The Kier molecular flexibility index (Phi) is 6.96. The van der Waals surface area contributed by atoms with Gasteiger partial charge in [0.1, 0.15) is 12.2 Å². The highest BCUT2D eigenvalue weighted by Crippen LogP contribution is 2.45. The maximum atomic E-state index is 12.2. The Labute approximate surface area is 189 Å². The van der Waals surface area contributed by atoms with Gasteiger partial charge in [-0.25, -0.2) is 0 Å². The van der Waals surface area contributed by atoms with Gasteiger partial charge < -0.3 is 24.3 Å². The molecule has 3 rings (SSSR count). The fourth-order valence-electron chi connectivity index (χ4n) is 3.63. The standard InChI is InChI=1S/C25H31NO6/c1-15(2)11-21(27)32-25(3,4)14-31-22-18(9-10-20(29-5)23(22)30-6)16-7-8-19-17(12-16)13-26-24(19)28/h7-10,12,15H,11,13-14H2,1-6H3,(H,26,28). The van der Waals surface area contributed by atoms with Gasteiger partial charge in [-0.05, 0) is 55.2 Å². The number of hydrogen-bond donors (Lipinski definition) is 1. The SMILES string of the molecule is COc1ccc(-c2ccc3c(c2)CNC3=O)c(OCC(C)(C)OC(=O)CC(C)C)c1OC. The number of carbonyl (C=O) groups is 2.